The zero-order valence-electron chi connectivity index (χ0n) is 19.7. The molecule has 0 radical (unpaired) electrons. The molecular weight excluding hydrogens is 463 g/mol. The van der Waals surface area contributed by atoms with Crippen molar-refractivity contribution in [2.24, 2.45) is 0 Å². The van der Waals surface area contributed by atoms with Gasteiger partial charge in [-0.1, -0.05) is 30.3 Å². The molecule has 2 aromatic heterocycles. The number of hydrogen-bond acceptors (Lipinski definition) is 3. The van der Waals surface area contributed by atoms with E-state index in [0.29, 0.717) is 30.9 Å². The SMILES string of the molecule is Cc1cccc(NC(=O)N2CCN(C(=O)c3cc4ccsc4n3Cc3ccccc3F)CC2C)c1. The van der Waals surface area contributed by atoms with Gasteiger partial charge in [-0.25, -0.2) is 9.18 Å². The van der Waals surface area contributed by atoms with Crippen LogP contribution in [0.1, 0.15) is 28.5 Å². The molecule has 0 aliphatic carbocycles. The highest BCUT2D eigenvalue weighted by molar-refractivity contribution is 7.16. The monoisotopic (exact) mass is 490 g/mol. The van der Waals surface area contributed by atoms with Crippen molar-refractivity contribution in [3.8, 4) is 0 Å². The number of benzene rings is 2. The Hall–Kier alpha value is -3.65. The van der Waals surface area contributed by atoms with E-state index in [1.807, 2.05) is 60.2 Å². The number of anilines is 1. The zero-order chi connectivity index (χ0) is 24.5. The van der Waals surface area contributed by atoms with Crippen molar-refractivity contribution in [1.29, 1.82) is 0 Å². The summed E-state index contributed by atoms with van der Waals surface area (Å²) >= 11 is 1.54. The number of thiophene rings is 1. The Morgan fingerprint density at radius 1 is 1.09 bits per heavy atom. The van der Waals surface area contributed by atoms with Gasteiger partial charge in [-0.15, -0.1) is 11.3 Å². The Kier molecular flexibility index (Phi) is 6.30. The average molecular weight is 491 g/mol. The summed E-state index contributed by atoms with van der Waals surface area (Å²) in [5, 5.41) is 5.91. The van der Waals surface area contributed by atoms with Crippen LogP contribution in [0.2, 0.25) is 0 Å². The second-order valence-corrected chi connectivity index (χ2v) is 9.88. The summed E-state index contributed by atoms with van der Waals surface area (Å²) in [6.45, 7) is 5.52. The number of nitrogens with zero attached hydrogens (tertiary/aromatic N) is 3. The van der Waals surface area contributed by atoms with Crippen LogP contribution in [0.15, 0.2) is 66.0 Å². The summed E-state index contributed by atoms with van der Waals surface area (Å²) in [5.74, 6) is -0.388. The third-order valence-electron chi connectivity index (χ3n) is 6.45. The van der Waals surface area contributed by atoms with Crippen LogP contribution < -0.4 is 5.32 Å². The number of aromatic nitrogens is 1. The maximum atomic E-state index is 14.4. The molecule has 1 fully saturated rings. The lowest BCUT2D eigenvalue weighted by molar-refractivity contribution is 0.0583. The van der Waals surface area contributed by atoms with Gasteiger partial charge in [0, 0.05) is 42.3 Å². The van der Waals surface area contributed by atoms with Crippen LogP contribution in [0.3, 0.4) is 0 Å². The minimum atomic E-state index is -0.286. The summed E-state index contributed by atoms with van der Waals surface area (Å²) in [4.78, 5) is 31.0. The summed E-state index contributed by atoms with van der Waals surface area (Å²) in [6, 6.07) is 17.9. The van der Waals surface area contributed by atoms with Crippen molar-refractivity contribution < 1.29 is 14.0 Å². The first-order valence-corrected chi connectivity index (χ1v) is 12.5. The lowest BCUT2D eigenvalue weighted by Gasteiger charge is -2.39. The minimum absolute atomic E-state index is 0.102. The van der Waals surface area contributed by atoms with Gasteiger partial charge >= 0.3 is 6.03 Å². The number of carbonyl (C=O) groups is 2. The summed E-state index contributed by atoms with van der Waals surface area (Å²) in [6.07, 6.45) is 0. The van der Waals surface area contributed by atoms with E-state index in [1.54, 1.807) is 28.0 Å². The van der Waals surface area contributed by atoms with Crippen molar-refractivity contribution in [2.45, 2.75) is 26.4 Å². The fraction of sp³-hybridized carbons (Fsp3) is 0.259. The molecule has 0 saturated carbocycles. The van der Waals surface area contributed by atoms with E-state index in [1.165, 1.54) is 17.4 Å². The molecule has 1 unspecified atom stereocenters. The normalized spacial score (nSPS) is 16.0. The Balaban J connectivity index is 1.33. The molecule has 6 nitrogen and oxygen atoms in total. The van der Waals surface area contributed by atoms with Crippen LogP contribution in [0.4, 0.5) is 14.9 Å². The highest BCUT2D eigenvalue weighted by Gasteiger charge is 2.32. The first-order valence-electron chi connectivity index (χ1n) is 11.6. The standard InChI is InChI=1S/C27H27FN4O2S/c1-18-6-5-8-22(14-18)29-27(34)31-12-11-30(16-19(31)2)25(33)24-15-20-10-13-35-26(20)32(24)17-21-7-3-4-9-23(21)28/h3-10,13-15,19H,11-12,16-17H2,1-2H3,(H,29,34). The Morgan fingerprint density at radius 2 is 1.91 bits per heavy atom. The van der Waals surface area contributed by atoms with Gasteiger partial charge in [0.05, 0.1) is 6.54 Å². The number of fused-ring (bicyclic) bond motifs is 1. The number of nitrogens with one attached hydrogen (secondary N) is 1. The molecule has 0 spiro atoms. The molecule has 1 N–H and O–H groups in total. The Labute approximate surface area is 207 Å². The van der Waals surface area contributed by atoms with Gasteiger partial charge in [0.2, 0.25) is 0 Å². The van der Waals surface area contributed by atoms with Gasteiger partial charge in [-0.2, -0.15) is 0 Å². The molecule has 3 heterocycles. The van der Waals surface area contributed by atoms with E-state index in [0.717, 1.165) is 21.5 Å². The van der Waals surface area contributed by atoms with Gasteiger partial charge in [-0.3, -0.25) is 4.79 Å². The molecule has 1 saturated heterocycles. The highest BCUT2D eigenvalue weighted by Crippen LogP contribution is 2.28. The minimum Gasteiger partial charge on any atom is -0.334 e. The number of piperazine rings is 1. The molecule has 1 atom stereocenters. The zero-order valence-corrected chi connectivity index (χ0v) is 20.5. The molecule has 0 bridgehead atoms. The number of urea groups is 1. The van der Waals surface area contributed by atoms with E-state index in [-0.39, 0.29) is 30.3 Å². The summed E-state index contributed by atoms with van der Waals surface area (Å²) < 4.78 is 16.3. The lowest BCUT2D eigenvalue weighted by Crippen LogP contribution is -2.56. The van der Waals surface area contributed by atoms with E-state index in [2.05, 4.69) is 5.32 Å². The second kappa shape index (κ2) is 9.54. The second-order valence-electron chi connectivity index (χ2n) is 8.98. The molecule has 2 aromatic carbocycles. The van der Waals surface area contributed by atoms with E-state index >= 15 is 0 Å². The van der Waals surface area contributed by atoms with Crippen LogP contribution in [0.25, 0.3) is 10.2 Å². The third-order valence-corrected chi connectivity index (χ3v) is 7.40. The van der Waals surface area contributed by atoms with Crippen LogP contribution >= 0.6 is 11.3 Å². The number of hydrogen-bond donors (Lipinski definition) is 1. The lowest BCUT2D eigenvalue weighted by atomic mass is 10.1. The van der Waals surface area contributed by atoms with Crippen LogP contribution in [0.5, 0.6) is 0 Å². The maximum Gasteiger partial charge on any atom is 0.322 e. The van der Waals surface area contributed by atoms with Crippen molar-refractivity contribution in [1.82, 2.24) is 14.4 Å². The molecule has 1 aliphatic rings. The van der Waals surface area contributed by atoms with Gasteiger partial charge in [-0.05, 0) is 55.1 Å². The van der Waals surface area contributed by atoms with Gasteiger partial charge in [0.15, 0.2) is 0 Å². The largest absolute Gasteiger partial charge is 0.334 e. The van der Waals surface area contributed by atoms with Crippen LogP contribution in [0, 0.1) is 12.7 Å². The molecule has 35 heavy (non-hydrogen) atoms. The Bertz CT molecular complexity index is 1390. The molecule has 8 heteroatoms. The molecule has 1 aliphatic heterocycles. The number of aryl methyl sites for hydroxylation is 1. The van der Waals surface area contributed by atoms with Crippen LogP contribution in [-0.2, 0) is 6.54 Å². The molecule has 4 aromatic rings. The van der Waals surface area contributed by atoms with Gasteiger partial charge in [0.1, 0.15) is 16.3 Å². The van der Waals surface area contributed by atoms with Crippen molar-refractivity contribution >= 4 is 39.2 Å². The van der Waals surface area contributed by atoms with Crippen LogP contribution in [-0.4, -0.2) is 52.0 Å². The van der Waals surface area contributed by atoms with Gasteiger partial charge in [0.25, 0.3) is 5.91 Å². The quantitative estimate of drug-likeness (QED) is 0.406. The third kappa shape index (κ3) is 4.66. The first kappa shape index (κ1) is 23.1. The van der Waals surface area contributed by atoms with E-state index in [4.69, 9.17) is 0 Å². The van der Waals surface area contributed by atoms with Crippen molar-refractivity contribution in [3.63, 3.8) is 0 Å². The van der Waals surface area contributed by atoms with Gasteiger partial charge < -0.3 is 19.7 Å². The van der Waals surface area contributed by atoms with Crippen molar-refractivity contribution in [2.75, 3.05) is 25.0 Å². The van der Waals surface area contributed by atoms with Crippen molar-refractivity contribution in [3.05, 3.63) is 88.7 Å². The van der Waals surface area contributed by atoms with E-state index in [9.17, 15) is 14.0 Å². The summed E-state index contributed by atoms with van der Waals surface area (Å²) in [5.41, 5.74) is 2.91. The summed E-state index contributed by atoms with van der Waals surface area (Å²) in [7, 11) is 0. The molecule has 180 valence electrons. The Morgan fingerprint density at radius 3 is 2.69 bits per heavy atom. The smallest absolute Gasteiger partial charge is 0.322 e. The predicted octanol–water partition coefficient (Wildman–Crippen LogP) is 5.58. The highest BCUT2D eigenvalue weighted by atomic mass is 32.1. The topological polar surface area (TPSA) is 57.6 Å². The average Bonchev–Trinajstić information content (AvgIpc) is 3.42. The number of halogens is 1. The first-order chi connectivity index (χ1) is 16.9. The fourth-order valence-electron chi connectivity index (χ4n) is 4.63. The predicted molar refractivity (Wildman–Crippen MR) is 138 cm³/mol. The number of rotatable bonds is 4. The fourth-order valence-corrected chi connectivity index (χ4v) is 5.53. The molecule has 3 amide bonds. The van der Waals surface area contributed by atoms with E-state index < -0.39 is 0 Å². The maximum absolute atomic E-state index is 14.4. The molecule has 5 rings (SSSR count). The number of carbonyl (C=O) groups excluding carboxylic acids is 2. The number of amides is 3. The molecular formula is C27H27FN4O2S.